The zero-order chi connectivity index (χ0) is 19.0. The van der Waals surface area contributed by atoms with Crippen LogP contribution in [0, 0.1) is 0 Å². The molecule has 0 saturated carbocycles. The highest BCUT2D eigenvalue weighted by Gasteiger charge is 2.21. The van der Waals surface area contributed by atoms with E-state index in [0.717, 1.165) is 5.56 Å². The predicted molar refractivity (Wildman–Crippen MR) is 97.8 cm³/mol. The quantitative estimate of drug-likeness (QED) is 0.705. The van der Waals surface area contributed by atoms with Crippen molar-refractivity contribution >= 4 is 27.3 Å². The van der Waals surface area contributed by atoms with Crippen molar-refractivity contribution in [1.29, 1.82) is 0 Å². The Labute approximate surface area is 155 Å². The highest BCUT2D eigenvalue weighted by atomic mass is 32.2. The zero-order valence-corrected chi connectivity index (χ0v) is 15.0. The van der Waals surface area contributed by atoms with E-state index < -0.39 is 10.0 Å². The van der Waals surface area contributed by atoms with Gasteiger partial charge in [0.15, 0.2) is 12.4 Å². The third-order valence-corrected chi connectivity index (χ3v) is 5.38. The number of anilines is 2. The van der Waals surface area contributed by atoms with Crippen LogP contribution in [-0.2, 0) is 21.9 Å². The number of hydrogen-bond donors (Lipinski definition) is 2. The normalized spacial score (nSPS) is 13.4. The van der Waals surface area contributed by atoms with Gasteiger partial charge in [0.05, 0.1) is 10.6 Å². The summed E-state index contributed by atoms with van der Waals surface area (Å²) in [6.07, 6.45) is 1.59. The van der Waals surface area contributed by atoms with Crippen LogP contribution >= 0.6 is 0 Å². The van der Waals surface area contributed by atoms with Crippen molar-refractivity contribution in [2.45, 2.75) is 4.90 Å². The molecule has 0 atom stereocenters. The summed E-state index contributed by atoms with van der Waals surface area (Å²) in [5, 5.41) is 10.4. The van der Waals surface area contributed by atoms with E-state index >= 15 is 0 Å². The molecule has 2 aromatic carbocycles. The van der Waals surface area contributed by atoms with Gasteiger partial charge in [0, 0.05) is 18.3 Å². The summed E-state index contributed by atoms with van der Waals surface area (Å²) in [7, 11) is -2.01. The molecule has 2 heterocycles. The fourth-order valence-electron chi connectivity index (χ4n) is 2.68. The number of sulfonamides is 1. The van der Waals surface area contributed by atoms with Gasteiger partial charge in [-0.15, -0.1) is 10.2 Å². The van der Waals surface area contributed by atoms with Crippen molar-refractivity contribution in [2.24, 2.45) is 7.05 Å². The highest BCUT2D eigenvalue weighted by molar-refractivity contribution is 7.92. The summed E-state index contributed by atoms with van der Waals surface area (Å²) >= 11 is 0. The van der Waals surface area contributed by atoms with Crippen LogP contribution in [0.5, 0.6) is 5.75 Å². The fourth-order valence-corrected chi connectivity index (χ4v) is 3.76. The number of benzene rings is 2. The van der Waals surface area contributed by atoms with E-state index in [9.17, 15) is 13.2 Å². The Balaban J connectivity index is 1.57. The van der Waals surface area contributed by atoms with E-state index in [1.807, 2.05) is 7.05 Å². The van der Waals surface area contributed by atoms with Gasteiger partial charge in [-0.1, -0.05) is 0 Å². The van der Waals surface area contributed by atoms with E-state index in [4.69, 9.17) is 4.74 Å². The van der Waals surface area contributed by atoms with Gasteiger partial charge in [-0.25, -0.2) is 8.42 Å². The summed E-state index contributed by atoms with van der Waals surface area (Å²) in [5.41, 5.74) is 1.54. The third-order valence-electron chi connectivity index (χ3n) is 4.00. The number of ether oxygens (including phenoxy) is 1. The molecule has 0 saturated heterocycles. The van der Waals surface area contributed by atoms with Gasteiger partial charge in [-0.05, 0) is 42.5 Å². The minimum Gasteiger partial charge on any atom is -0.482 e. The van der Waals surface area contributed by atoms with Crippen LogP contribution in [-0.4, -0.2) is 35.7 Å². The molecule has 0 fully saturated rings. The van der Waals surface area contributed by atoms with E-state index in [2.05, 4.69) is 20.2 Å². The molecule has 1 aromatic heterocycles. The summed E-state index contributed by atoms with van der Waals surface area (Å²) in [4.78, 5) is 11.4. The number of aromatic nitrogens is 3. The Morgan fingerprint density at radius 3 is 2.67 bits per heavy atom. The lowest BCUT2D eigenvalue weighted by atomic mass is 10.2. The molecule has 4 rings (SSSR count). The van der Waals surface area contributed by atoms with Crippen LogP contribution in [0.25, 0.3) is 11.4 Å². The summed E-state index contributed by atoms with van der Waals surface area (Å²) < 4.78 is 34.8. The van der Waals surface area contributed by atoms with Crippen molar-refractivity contribution in [1.82, 2.24) is 14.8 Å². The van der Waals surface area contributed by atoms with E-state index in [0.29, 0.717) is 22.9 Å². The summed E-state index contributed by atoms with van der Waals surface area (Å²) in [6, 6.07) is 11.1. The standard InChI is InChI=1S/C17H15N5O4S/c1-22-10-18-20-17(22)11-2-4-12(5-3-11)21-27(24,25)13-6-7-15-14(8-13)19-16(23)9-26-15/h2-8,10,21H,9H2,1H3,(H,19,23). The van der Waals surface area contributed by atoms with Crippen LogP contribution in [0.1, 0.15) is 0 Å². The van der Waals surface area contributed by atoms with Crippen molar-refractivity contribution in [3.63, 3.8) is 0 Å². The smallest absolute Gasteiger partial charge is 0.262 e. The maximum Gasteiger partial charge on any atom is 0.262 e. The number of nitrogens with zero attached hydrogens (tertiary/aromatic N) is 3. The van der Waals surface area contributed by atoms with Gasteiger partial charge < -0.3 is 14.6 Å². The minimum absolute atomic E-state index is 0.0180. The number of carbonyl (C=O) groups excluding carboxylic acids is 1. The van der Waals surface area contributed by atoms with Crippen molar-refractivity contribution in [3.05, 3.63) is 48.8 Å². The molecule has 0 unspecified atom stereocenters. The van der Waals surface area contributed by atoms with E-state index in [1.165, 1.54) is 18.2 Å². The first-order valence-electron chi connectivity index (χ1n) is 7.96. The summed E-state index contributed by atoms with van der Waals surface area (Å²) in [6.45, 7) is -0.0881. The monoisotopic (exact) mass is 385 g/mol. The first-order chi connectivity index (χ1) is 12.9. The molecule has 2 N–H and O–H groups in total. The molecule has 10 heteroatoms. The molecule has 138 valence electrons. The summed E-state index contributed by atoms with van der Waals surface area (Å²) in [5.74, 6) is 0.779. The van der Waals surface area contributed by atoms with Gasteiger partial charge in [0.25, 0.3) is 15.9 Å². The Morgan fingerprint density at radius 2 is 1.96 bits per heavy atom. The predicted octanol–water partition coefficient (Wildman–Crippen LogP) is 1.61. The first-order valence-corrected chi connectivity index (χ1v) is 9.45. The molecule has 27 heavy (non-hydrogen) atoms. The molecule has 1 aliphatic rings. The van der Waals surface area contributed by atoms with Gasteiger partial charge in [0.2, 0.25) is 0 Å². The molecule has 0 bridgehead atoms. The van der Waals surface area contributed by atoms with Crippen molar-refractivity contribution in [2.75, 3.05) is 16.6 Å². The van der Waals surface area contributed by atoms with E-state index in [1.54, 1.807) is 35.2 Å². The van der Waals surface area contributed by atoms with Crippen LogP contribution in [0.3, 0.4) is 0 Å². The molecule has 3 aromatic rings. The fraction of sp³-hybridized carbons (Fsp3) is 0.118. The zero-order valence-electron chi connectivity index (χ0n) is 14.2. The highest BCUT2D eigenvalue weighted by Crippen LogP contribution is 2.31. The second kappa shape index (κ2) is 6.40. The Kier molecular flexibility index (Phi) is 4.04. The Bertz CT molecular complexity index is 1120. The lowest BCUT2D eigenvalue weighted by Crippen LogP contribution is -2.25. The molecule has 9 nitrogen and oxygen atoms in total. The SMILES string of the molecule is Cn1cnnc1-c1ccc(NS(=O)(=O)c2ccc3c(c2)NC(=O)CO3)cc1. The van der Waals surface area contributed by atoms with Crippen molar-refractivity contribution < 1.29 is 17.9 Å². The number of fused-ring (bicyclic) bond motifs is 1. The van der Waals surface area contributed by atoms with Crippen LogP contribution in [0.15, 0.2) is 53.7 Å². The molecule has 1 amide bonds. The van der Waals surface area contributed by atoms with Crippen molar-refractivity contribution in [3.8, 4) is 17.1 Å². The maximum absolute atomic E-state index is 12.6. The Hall–Kier alpha value is -3.40. The maximum atomic E-state index is 12.6. The van der Waals surface area contributed by atoms with Crippen LogP contribution < -0.4 is 14.8 Å². The molecular formula is C17H15N5O4S. The van der Waals surface area contributed by atoms with Gasteiger partial charge >= 0.3 is 0 Å². The van der Waals surface area contributed by atoms with Gasteiger partial charge in [-0.2, -0.15) is 0 Å². The van der Waals surface area contributed by atoms with E-state index in [-0.39, 0.29) is 17.4 Å². The molecule has 1 aliphatic heterocycles. The lowest BCUT2D eigenvalue weighted by molar-refractivity contribution is -0.118. The number of aryl methyl sites for hydroxylation is 1. The number of hydrogen-bond acceptors (Lipinski definition) is 6. The number of rotatable bonds is 4. The number of amides is 1. The second-order valence-electron chi connectivity index (χ2n) is 5.94. The largest absolute Gasteiger partial charge is 0.482 e. The molecule has 0 radical (unpaired) electrons. The second-order valence-corrected chi connectivity index (χ2v) is 7.63. The first kappa shape index (κ1) is 17.0. The average molecular weight is 385 g/mol. The average Bonchev–Trinajstić information content (AvgIpc) is 3.07. The number of nitrogens with one attached hydrogen (secondary N) is 2. The topological polar surface area (TPSA) is 115 Å². The minimum atomic E-state index is -3.83. The third kappa shape index (κ3) is 3.34. The lowest BCUT2D eigenvalue weighted by Gasteiger charge is -2.18. The molecule has 0 spiro atoms. The Morgan fingerprint density at radius 1 is 1.19 bits per heavy atom. The molecule has 0 aliphatic carbocycles. The molecular weight excluding hydrogens is 370 g/mol. The van der Waals surface area contributed by atoms with Crippen LogP contribution in [0.2, 0.25) is 0 Å². The van der Waals surface area contributed by atoms with Crippen LogP contribution in [0.4, 0.5) is 11.4 Å². The number of carbonyl (C=O) groups is 1. The van der Waals surface area contributed by atoms with Gasteiger partial charge in [-0.3, -0.25) is 9.52 Å². The van der Waals surface area contributed by atoms with Gasteiger partial charge in [0.1, 0.15) is 12.1 Å².